The third-order valence-electron chi connectivity index (χ3n) is 5.04. The summed E-state index contributed by atoms with van der Waals surface area (Å²) in [7, 11) is 0. The van der Waals surface area contributed by atoms with Crippen LogP contribution >= 0.6 is 12.2 Å². The molecule has 0 bridgehead atoms. The van der Waals surface area contributed by atoms with Crippen LogP contribution < -0.4 is 15.5 Å². The number of carbonyl (C=O) groups is 2. The van der Waals surface area contributed by atoms with E-state index in [1.807, 2.05) is 73.3 Å². The molecular formula is C23H28N4O2S. The molecule has 6 nitrogen and oxygen atoms in total. The molecule has 2 aromatic rings. The van der Waals surface area contributed by atoms with Gasteiger partial charge in [-0.2, -0.15) is 0 Å². The average molecular weight is 425 g/mol. The Hall–Kier alpha value is -2.93. The summed E-state index contributed by atoms with van der Waals surface area (Å²) in [4.78, 5) is 28.5. The van der Waals surface area contributed by atoms with Gasteiger partial charge in [0.15, 0.2) is 5.11 Å². The minimum atomic E-state index is -0.149. The second-order valence-electron chi connectivity index (χ2n) is 7.68. The number of carbonyl (C=O) groups excluding carboxylic acids is 2. The fourth-order valence-electron chi connectivity index (χ4n) is 3.42. The molecule has 0 atom stereocenters. The van der Waals surface area contributed by atoms with E-state index in [4.69, 9.17) is 12.2 Å². The van der Waals surface area contributed by atoms with Gasteiger partial charge in [-0.3, -0.25) is 9.59 Å². The molecule has 0 spiro atoms. The molecule has 0 aromatic heterocycles. The summed E-state index contributed by atoms with van der Waals surface area (Å²) < 4.78 is 0. The molecule has 0 radical (unpaired) electrons. The molecule has 1 aliphatic heterocycles. The molecule has 0 aliphatic carbocycles. The largest absolute Gasteiger partial charge is 0.368 e. The first-order valence-corrected chi connectivity index (χ1v) is 10.6. The van der Waals surface area contributed by atoms with Crippen LogP contribution in [-0.2, 0) is 16.0 Å². The van der Waals surface area contributed by atoms with Crippen molar-refractivity contribution in [2.45, 2.75) is 20.3 Å². The first kappa shape index (κ1) is 21.8. The van der Waals surface area contributed by atoms with E-state index in [1.165, 1.54) is 0 Å². The molecule has 1 fully saturated rings. The number of hydrogen-bond donors (Lipinski definition) is 2. The van der Waals surface area contributed by atoms with E-state index in [2.05, 4.69) is 15.5 Å². The van der Waals surface area contributed by atoms with Crippen molar-refractivity contribution in [1.29, 1.82) is 0 Å². The Morgan fingerprint density at radius 2 is 1.60 bits per heavy atom. The number of nitrogens with one attached hydrogen (secondary N) is 2. The highest BCUT2D eigenvalue weighted by molar-refractivity contribution is 7.80. The Morgan fingerprint density at radius 1 is 0.967 bits per heavy atom. The fourth-order valence-corrected chi connectivity index (χ4v) is 3.65. The predicted molar refractivity (Wildman–Crippen MR) is 125 cm³/mol. The molecule has 0 saturated carbocycles. The molecule has 1 aliphatic rings. The van der Waals surface area contributed by atoms with Crippen molar-refractivity contribution >= 4 is 40.5 Å². The molecule has 2 N–H and O–H groups in total. The van der Waals surface area contributed by atoms with Gasteiger partial charge >= 0.3 is 0 Å². The molecule has 1 saturated heterocycles. The fraction of sp³-hybridized carbons (Fsp3) is 0.348. The summed E-state index contributed by atoms with van der Waals surface area (Å²) in [5.74, 6) is 0.111. The van der Waals surface area contributed by atoms with E-state index in [0.717, 1.165) is 43.1 Å². The van der Waals surface area contributed by atoms with Crippen LogP contribution in [0.15, 0.2) is 54.6 Å². The standard InChI is InChI=1S/C23H28N4O2S/c1-17(2)22(29)27-14-12-26(13-15-27)20-10-8-19(9-11-20)24-23(30)25-21(28)16-18-6-4-3-5-7-18/h3-11,17H,12-16H2,1-2H3,(H2,24,25,28,30). The maximum Gasteiger partial charge on any atom is 0.230 e. The molecule has 2 aromatic carbocycles. The van der Waals surface area contributed by atoms with Gasteiger partial charge in [0.1, 0.15) is 0 Å². The lowest BCUT2D eigenvalue weighted by Crippen LogP contribution is -2.49. The lowest BCUT2D eigenvalue weighted by molar-refractivity contribution is -0.134. The summed E-state index contributed by atoms with van der Waals surface area (Å²) in [5.41, 5.74) is 2.87. The zero-order valence-electron chi connectivity index (χ0n) is 17.4. The average Bonchev–Trinajstić information content (AvgIpc) is 2.74. The zero-order chi connectivity index (χ0) is 21.5. The zero-order valence-corrected chi connectivity index (χ0v) is 18.2. The number of hydrogen-bond acceptors (Lipinski definition) is 4. The number of thiocarbonyl (C=S) groups is 1. The maximum atomic E-state index is 12.1. The maximum absolute atomic E-state index is 12.1. The minimum Gasteiger partial charge on any atom is -0.368 e. The number of benzene rings is 2. The number of anilines is 2. The van der Waals surface area contributed by atoms with Crippen LogP contribution in [0, 0.1) is 5.92 Å². The van der Waals surface area contributed by atoms with Crippen molar-refractivity contribution in [1.82, 2.24) is 10.2 Å². The van der Waals surface area contributed by atoms with Gasteiger partial charge in [-0.25, -0.2) is 0 Å². The lowest BCUT2D eigenvalue weighted by atomic mass is 10.1. The van der Waals surface area contributed by atoms with Gasteiger partial charge in [0.2, 0.25) is 11.8 Å². The van der Waals surface area contributed by atoms with Crippen molar-refractivity contribution in [3.63, 3.8) is 0 Å². The molecule has 0 unspecified atom stereocenters. The van der Waals surface area contributed by atoms with Crippen LogP contribution in [0.4, 0.5) is 11.4 Å². The van der Waals surface area contributed by atoms with E-state index in [-0.39, 0.29) is 29.3 Å². The molecule has 30 heavy (non-hydrogen) atoms. The molecule has 1 heterocycles. The molecule has 3 rings (SSSR count). The summed E-state index contributed by atoms with van der Waals surface area (Å²) in [6.07, 6.45) is 0.285. The van der Waals surface area contributed by atoms with Crippen molar-refractivity contribution in [3.8, 4) is 0 Å². The Kier molecular flexibility index (Phi) is 7.41. The van der Waals surface area contributed by atoms with Crippen LogP contribution in [0.1, 0.15) is 19.4 Å². The highest BCUT2D eigenvalue weighted by Gasteiger charge is 2.22. The SMILES string of the molecule is CC(C)C(=O)N1CCN(c2ccc(NC(=S)NC(=O)Cc3ccccc3)cc2)CC1. The molecule has 158 valence electrons. The third-order valence-corrected chi connectivity index (χ3v) is 5.24. The lowest BCUT2D eigenvalue weighted by Gasteiger charge is -2.37. The summed E-state index contributed by atoms with van der Waals surface area (Å²) in [6, 6.07) is 17.5. The van der Waals surface area contributed by atoms with Crippen molar-refractivity contribution in [2.24, 2.45) is 5.92 Å². The van der Waals surface area contributed by atoms with Gasteiger partial charge in [0.25, 0.3) is 0 Å². The smallest absolute Gasteiger partial charge is 0.230 e. The number of nitrogens with zero attached hydrogens (tertiary/aromatic N) is 2. The van der Waals surface area contributed by atoms with Crippen LogP contribution in [0.3, 0.4) is 0 Å². The Labute approximate surface area is 183 Å². The first-order chi connectivity index (χ1) is 14.4. The normalized spacial score (nSPS) is 13.8. The van der Waals surface area contributed by atoms with E-state index >= 15 is 0 Å². The van der Waals surface area contributed by atoms with Gasteiger partial charge in [-0.15, -0.1) is 0 Å². The Balaban J connectivity index is 1.47. The van der Waals surface area contributed by atoms with Gasteiger partial charge in [0, 0.05) is 43.5 Å². The number of rotatable bonds is 5. The van der Waals surface area contributed by atoms with Gasteiger partial charge in [-0.05, 0) is 42.0 Å². The minimum absolute atomic E-state index is 0.0407. The van der Waals surface area contributed by atoms with E-state index < -0.39 is 0 Å². The second-order valence-corrected chi connectivity index (χ2v) is 8.09. The molecule has 7 heteroatoms. The first-order valence-electron chi connectivity index (χ1n) is 10.2. The summed E-state index contributed by atoms with van der Waals surface area (Å²) in [5, 5.41) is 6.05. The van der Waals surface area contributed by atoms with Crippen molar-refractivity contribution in [3.05, 3.63) is 60.2 Å². The Morgan fingerprint density at radius 3 is 2.20 bits per heavy atom. The van der Waals surface area contributed by atoms with E-state index in [9.17, 15) is 9.59 Å². The topological polar surface area (TPSA) is 64.7 Å². The van der Waals surface area contributed by atoms with E-state index in [0.29, 0.717) is 0 Å². The molecular weight excluding hydrogens is 396 g/mol. The van der Waals surface area contributed by atoms with E-state index in [1.54, 1.807) is 0 Å². The predicted octanol–water partition coefficient (Wildman–Crippen LogP) is 3.05. The van der Waals surface area contributed by atoms with Gasteiger partial charge in [-0.1, -0.05) is 44.2 Å². The van der Waals surface area contributed by atoms with Crippen molar-refractivity contribution < 1.29 is 9.59 Å². The van der Waals surface area contributed by atoms with Gasteiger partial charge in [0.05, 0.1) is 6.42 Å². The van der Waals surface area contributed by atoms with Gasteiger partial charge < -0.3 is 20.4 Å². The second kappa shape index (κ2) is 10.2. The van der Waals surface area contributed by atoms with Crippen LogP contribution in [0.2, 0.25) is 0 Å². The van der Waals surface area contributed by atoms with Crippen LogP contribution in [0.5, 0.6) is 0 Å². The molecule has 2 amide bonds. The number of amides is 2. The summed E-state index contributed by atoms with van der Waals surface area (Å²) in [6.45, 7) is 7.01. The quantitative estimate of drug-likeness (QED) is 0.723. The van der Waals surface area contributed by atoms with Crippen LogP contribution in [0.25, 0.3) is 0 Å². The monoisotopic (exact) mass is 424 g/mol. The van der Waals surface area contributed by atoms with Crippen LogP contribution in [-0.4, -0.2) is 48.0 Å². The summed E-state index contributed by atoms with van der Waals surface area (Å²) >= 11 is 5.25. The Bertz CT molecular complexity index is 876. The third kappa shape index (κ3) is 6.03. The highest BCUT2D eigenvalue weighted by atomic mass is 32.1. The highest BCUT2D eigenvalue weighted by Crippen LogP contribution is 2.20. The number of piperazine rings is 1. The van der Waals surface area contributed by atoms with Crippen molar-refractivity contribution in [2.75, 3.05) is 36.4 Å².